The van der Waals surface area contributed by atoms with Crippen molar-refractivity contribution in [2.75, 3.05) is 5.75 Å². The van der Waals surface area contributed by atoms with Gasteiger partial charge in [0, 0.05) is 12.1 Å². The van der Waals surface area contributed by atoms with Gasteiger partial charge in [-0.25, -0.2) is 4.98 Å². The third kappa shape index (κ3) is 7.45. The third-order valence-electron chi connectivity index (χ3n) is 4.23. The number of imidazole rings is 1. The van der Waals surface area contributed by atoms with E-state index in [4.69, 9.17) is 0 Å². The number of nitrogens with zero attached hydrogens (tertiary/aromatic N) is 2. The average Bonchev–Trinajstić information content (AvgIpc) is 3.12. The molecule has 0 aliphatic carbocycles. The molecule has 2 aromatic carbocycles. The van der Waals surface area contributed by atoms with E-state index >= 15 is 0 Å². The maximum Gasteiger partial charge on any atom is 0.573 e. The Bertz CT molecular complexity index is 1080. The number of aromatic nitrogens is 2. The predicted molar refractivity (Wildman–Crippen MR) is 109 cm³/mol. The van der Waals surface area contributed by atoms with Crippen molar-refractivity contribution in [3.05, 3.63) is 66.4 Å². The lowest BCUT2D eigenvalue weighted by molar-refractivity contribution is -0.274. The van der Waals surface area contributed by atoms with Crippen LogP contribution in [0.25, 0.3) is 11.3 Å². The first-order valence-electron chi connectivity index (χ1n) is 9.43. The van der Waals surface area contributed by atoms with E-state index in [1.54, 1.807) is 30.3 Å². The van der Waals surface area contributed by atoms with Crippen LogP contribution in [0.15, 0.2) is 66.0 Å². The van der Waals surface area contributed by atoms with Gasteiger partial charge in [0.2, 0.25) is 5.91 Å². The van der Waals surface area contributed by atoms with Gasteiger partial charge >= 0.3 is 12.5 Å². The number of hydrogen-bond donors (Lipinski definition) is 1. The molecule has 0 saturated carbocycles. The Labute approximate surface area is 188 Å². The largest absolute Gasteiger partial charge is 0.573 e. The highest BCUT2D eigenvalue weighted by molar-refractivity contribution is 7.99. The number of amides is 1. The van der Waals surface area contributed by atoms with Crippen molar-refractivity contribution in [1.29, 1.82) is 0 Å². The quantitative estimate of drug-likeness (QED) is 0.339. The van der Waals surface area contributed by atoms with Gasteiger partial charge in [-0.2, -0.15) is 13.2 Å². The molecular weight excluding hydrogens is 472 g/mol. The van der Waals surface area contributed by atoms with Crippen LogP contribution < -0.4 is 10.1 Å². The number of halogens is 6. The highest BCUT2D eigenvalue weighted by Gasteiger charge is 2.32. The summed E-state index contributed by atoms with van der Waals surface area (Å²) in [7, 11) is 0. The van der Waals surface area contributed by atoms with Crippen LogP contribution in [0.5, 0.6) is 5.75 Å². The van der Waals surface area contributed by atoms with Crippen LogP contribution in [0.4, 0.5) is 26.3 Å². The molecule has 1 N–H and O–H groups in total. The van der Waals surface area contributed by atoms with Gasteiger partial charge < -0.3 is 14.6 Å². The van der Waals surface area contributed by atoms with Crippen LogP contribution in [0.2, 0.25) is 0 Å². The standard InChI is InChI=1S/C21H17F6N3O2S/c22-20(23,24)13-30-16(14-6-2-1-3-7-14)11-29-19(30)33-12-18(31)28-10-15-8-4-5-9-17(15)32-21(25,26)27/h1-9,11H,10,12-13H2,(H,28,31). The minimum absolute atomic E-state index is 0.0119. The molecule has 0 unspecified atom stereocenters. The molecule has 1 heterocycles. The van der Waals surface area contributed by atoms with Gasteiger partial charge in [0.05, 0.1) is 17.6 Å². The molecular formula is C21H17F6N3O2S. The van der Waals surface area contributed by atoms with Crippen LogP contribution >= 0.6 is 11.8 Å². The molecule has 0 spiro atoms. The number of benzene rings is 2. The Morgan fingerprint density at radius 1 is 1.00 bits per heavy atom. The Balaban J connectivity index is 1.67. The van der Waals surface area contributed by atoms with Gasteiger partial charge in [-0.15, -0.1) is 13.2 Å². The van der Waals surface area contributed by atoms with Gasteiger partial charge in [0.1, 0.15) is 12.3 Å². The first-order chi connectivity index (χ1) is 15.5. The zero-order chi connectivity index (χ0) is 24.1. The Morgan fingerprint density at radius 2 is 1.67 bits per heavy atom. The van der Waals surface area contributed by atoms with Crippen LogP contribution in [-0.4, -0.2) is 33.7 Å². The normalized spacial score (nSPS) is 11.9. The van der Waals surface area contributed by atoms with Crippen molar-refractivity contribution < 1.29 is 35.9 Å². The third-order valence-corrected chi connectivity index (χ3v) is 5.22. The second kappa shape index (κ2) is 10.2. The highest BCUT2D eigenvalue weighted by atomic mass is 32.2. The fourth-order valence-electron chi connectivity index (χ4n) is 2.89. The molecule has 0 radical (unpaired) electrons. The summed E-state index contributed by atoms with van der Waals surface area (Å²) in [6.07, 6.45) is -8.10. The summed E-state index contributed by atoms with van der Waals surface area (Å²) in [6, 6.07) is 13.7. The molecule has 176 valence electrons. The first kappa shape index (κ1) is 24.5. The number of carbonyl (C=O) groups excluding carboxylic acids is 1. The van der Waals surface area contributed by atoms with E-state index < -0.39 is 30.7 Å². The summed E-state index contributed by atoms with van der Waals surface area (Å²) < 4.78 is 81.8. The lowest BCUT2D eigenvalue weighted by Crippen LogP contribution is -2.26. The molecule has 0 aliphatic heterocycles. The molecule has 3 rings (SSSR count). The van der Waals surface area contributed by atoms with Crippen molar-refractivity contribution in [1.82, 2.24) is 14.9 Å². The van der Waals surface area contributed by atoms with E-state index in [1.807, 2.05) is 0 Å². The molecule has 0 bridgehead atoms. The van der Waals surface area contributed by atoms with Gasteiger partial charge in [-0.1, -0.05) is 60.3 Å². The SMILES string of the molecule is O=C(CSc1ncc(-c2ccccc2)n1CC(F)(F)F)NCc1ccccc1OC(F)(F)F. The molecule has 5 nitrogen and oxygen atoms in total. The summed E-state index contributed by atoms with van der Waals surface area (Å²) in [4.78, 5) is 16.2. The number of carbonyl (C=O) groups is 1. The molecule has 0 atom stereocenters. The van der Waals surface area contributed by atoms with Crippen LogP contribution in [0.3, 0.4) is 0 Å². The minimum Gasteiger partial charge on any atom is -0.405 e. The van der Waals surface area contributed by atoms with Crippen molar-refractivity contribution in [3.63, 3.8) is 0 Å². The number of hydrogen-bond acceptors (Lipinski definition) is 4. The molecule has 0 fully saturated rings. The molecule has 0 saturated heterocycles. The number of para-hydroxylation sites is 1. The fraction of sp³-hybridized carbons (Fsp3) is 0.238. The Morgan fingerprint density at radius 3 is 2.33 bits per heavy atom. The maximum absolute atomic E-state index is 13.1. The topological polar surface area (TPSA) is 56.2 Å². The van der Waals surface area contributed by atoms with Crippen LogP contribution in [0.1, 0.15) is 5.56 Å². The highest BCUT2D eigenvalue weighted by Crippen LogP contribution is 2.30. The average molecular weight is 489 g/mol. The maximum atomic E-state index is 13.1. The molecule has 33 heavy (non-hydrogen) atoms. The molecule has 0 aliphatic rings. The zero-order valence-corrected chi connectivity index (χ0v) is 17.6. The van der Waals surface area contributed by atoms with E-state index in [-0.39, 0.29) is 28.7 Å². The molecule has 1 aromatic heterocycles. The Kier molecular flexibility index (Phi) is 7.57. The number of ether oxygens (including phenoxy) is 1. The molecule has 3 aromatic rings. The zero-order valence-electron chi connectivity index (χ0n) is 16.8. The van der Waals surface area contributed by atoms with E-state index in [9.17, 15) is 31.1 Å². The number of alkyl halides is 6. The summed E-state index contributed by atoms with van der Waals surface area (Å²) in [6.45, 7) is -1.54. The second-order valence-electron chi connectivity index (χ2n) is 6.71. The summed E-state index contributed by atoms with van der Waals surface area (Å²) in [5.41, 5.74) is 0.874. The van der Waals surface area contributed by atoms with Crippen LogP contribution in [0, 0.1) is 0 Å². The monoisotopic (exact) mass is 489 g/mol. The summed E-state index contributed by atoms with van der Waals surface area (Å²) in [5.74, 6) is -1.33. The van der Waals surface area contributed by atoms with Crippen molar-refractivity contribution >= 4 is 17.7 Å². The lowest BCUT2D eigenvalue weighted by atomic mass is 10.2. The van der Waals surface area contributed by atoms with Crippen molar-refractivity contribution in [2.24, 2.45) is 0 Å². The second-order valence-corrected chi connectivity index (χ2v) is 7.66. The summed E-state index contributed by atoms with van der Waals surface area (Å²) >= 11 is 0.789. The summed E-state index contributed by atoms with van der Waals surface area (Å²) in [5, 5.41) is 2.42. The number of rotatable bonds is 8. The van der Waals surface area contributed by atoms with E-state index in [2.05, 4.69) is 15.0 Å². The van der Waals surface area contributed by atoms with Crippen LogP contribution in [-0.2, 0) is 17.9 Å². The molecule has 1 amide bonds. The van der Waals surface area contributed by atoms with Gasteiger partial charge in [0.15, 0.2) is 5.16 Å². The first-order valence-corrected chi connectivity index (χ1v) is 10.4. The van der Waals surface area contributed by atoms with Gasteiger partial charge in [0.25, 0.3) is 0 Å². The van der Waals surface area contributed by atoms with Gasteiger partial charge in [-0.05, 0) is 11.6 Å². The van der Waals surface area contributed by atoms with Crippen molar-refractivity contribution in [2.45, 2.75) is 30.8 Å². The van der Waals surface area contributed by atoms with E-state index in [0.29, 0.717) is 5.56 Å². The minimum atomic E-state index is -4.89. The fourth-order valence-corrected chi connectivity index (χ4v) is 3.70. The van der Waals surface area contributed by atoms with E-state index in [0.717, 1.165) is 22.4 Å². The van der Waals surface area contributed by atoms with E-state index in [1.165, 1.54) is 24.4 Å². The lowest BCUT2D eigenvalue weighted by Gasteiger charge is -2.15. The number of nitrogens with one attached hydrogen (secondary N) is 1. The van der Waals surface area contributed by atoms with Crippen molar-refractivity contribution in [3.8, 4) is 17.0 Å². The predicted octanol–water partition coefficient (Wildman–Crippen LogP) is 5.42. The Hall–Kier alpha value is -3.15. The smallest absolute Gasteiger partial charge is 0.405 e. The van der Waals surface area contributed by atoms with Gasteiger partial charge in [-0.3, -0.25) is 4.79 Å². The molecule has 12 heteroatoms. The number of thioether (sulfide) groups is 1.